The van der Waals surface area contributed by atoms with Gasteiger partial charge in [-0.1, -0.05) is 24.6 Å². The summed E-state index contributed by atoms with van der Waals surface area (Å²) in [5.74, 6) is 1.70. The fourth-order valence-corrected chi connectivity index (χ4v) is 4.66. The molecule has 0 N–H and O–H groups in total. The average Bonchev–Trinajstić information content (AvgIpc) is 3.15. The quantitative estimate of drug-likeness (QED) is 0.780. The number of amides is 1. The number of hydrogen-bond acceptors (Lipinski definition) is 6. The van der Waals surface area contributed by atoms with Gasteiger partial charge in [-0.2, -0.15) is 0 Å². The van der Waals surface area contributed by atoms with Crippen LogP contribution in [0.3, 0.4) is 0 Å². The van der Waals surface area contributed by atoms with Crippen molar-refractivity contribution in [2.75, 3.05) is 12.3 Å². The van der Waals surface area contributed by atoms with Gasteiger partial charge in [0, 0.05) is 25.0 Å². The molecule has 7 heteroatoms. The van der Waals surface area contributed by atoms with Gasteiger partial charge in [-0.15, -0.1) is 10.2 Å². The number of hydrogen-bond donors (Lipinski definition) is 0. The molecule has 6 nitrogen and oxygen atoms in total. The van der Waals surface area contributed by atoms with E-state index in [1.807, 2.05) is 12.1 Å². The molecule has 3 heterocycles. The number of rotatable bonds is 4. The Morgan fingerprint density at radius 2 is 2.12 bits per heavy atom. The van der Waals surface area contributed by atoms with Crippen LogP contribution in [-0.4, -0.2) is 44.3 Å². The van der Waals surface area contributed by atoms with Gasteiger partial charge in [0.25, 0.3) is 5.22 Å². The van der Waals surface area contributed by atoms with Crippen molar-refractivity contribution in [1.29, 1.82) is 0 Å². The first kappa shape index (κ1) is 16.6. The number of piperidine rings is 1. The summed E-state index contributed by atoms with van der Waals surface area (Å²) < 4.78 is 5.64. The molecule has 4 rings (SSSR count). The molecule has 0 spiro atoms. The fourth-order valence-electron chi connectivity index (χ4n) is 4.01. The van der Waals surface area contributed by atoms with Gasteiger partial charge in [-0.25, -0.2) is 0 Å². The molecule has 0 radical (unpaired) electrons. The first-order valence-corrected chi connectivity index (χ1v) is 9.96. The van der Waals surface area contributed by atoms with E-state index in [1.54, 1.807) is 12.4 Å². The van der Waals surface area contributed by atoms with E-state index in [2.05, 4.69) is 20.1 Å². The third-order valence-electron chi connectivity index (χ3n) is 5.20. The summed E-state index contributed by atoms with van der Waals surface area (Å²) in [5, 5.41) is 8.51. The minimum absolute atomic E-state index is 0.197. The second kappa shape index (κ2) is 7.56. The van der Waals surface area contributed by atoms with E-state index in [1.165, 1.54) is 37.4 Å². The molecule has 132 valence electrons. The minimum atomic E-state index is 0.197. The summed E-state index contributed by atoms with van der Waals surface area (Å²) in [6.07, 6.45) is 10.8. The number of fused-ring (bicyclic) bond motifs is 1. The van der Waals surface area contributed by atoms with Gasteiger partial charge in [0.15, 0.2) is 0 Å². The van der Waals surface area contributed by atoms with Gasteiger partial charge in [0.2, 0.25) is 11.8 Å². The molecule has 2 atom stereocenters. The fraction of sp³-hybridized carbons (Fsp3) is 0.556. The van der Waals surface area contributed by atoms with Crippen LogP contribution in [0.1, 0.15) is 38.5 Å². The number of pyridine rings is 1. The van der Waals surface area contributed by atoms with Crippen molar-refractivity contribution in [3.63, 3.8) is 0 Å². The Hall–Kier alpha value is -1.89. The Bertz CT molecular complexity index is 719. The van der Waals surface area contributed by atoms with E-state index in [4.69, 9.17) is 4.42 Å². The predicted molar refractivity (Wildman–Crippen MR) is 94.9 cm³/mol. The molecule has 0 aromatic carbocycles. The molecule has 2 fully saturated rings. The van der Waals surface area contributed by atoms with Crippen LogP contribution in [0.2, 0.25) is 0 Å². The molecule has 2 aromatic heterocycles. The average molecular weight is 358 g/mol. The summed E-state index contributed by atoms with van der Waals surface area (Å²) >= 11 is 1.33. The number of likely N-dealkylation sites (tertiary alicyclic amines) is 1. The monoisotopic (exact) mass is 358 g/mol. The smallest absolute Gasteiger partial charge is 0.277 e. The summed E-state index contributed by atoms with van der Waals surface area (Å²) in [5.41, 5.74) is 0.786. The van der Waals surface area contributed by atoms with E-state index < -0.39 is 0 Å². The number of aromatic nitrogens is 3. The van der Waals surface area contributed by atoms with E-state index >= 15 is 0 Å². The lowest BCUT2D eigenvalue weighted by atomic mass is 9.78. The van der Waals surface area contributed by atoms with Crippen LogP contribution < -0.4 is 0 Å². The van der Waals surface area contributed by atoms with E-state index in [0.29, 0.717) is 28.8 Å². The highest BCUT2D eigenvalue weighted by Gasteiger charge is 2.35. The standard InChI is InChI=1S/C18H22N4O2S/c23-16(22-10-4-7-13-5-1-2-8-15(13)22)12-25-18-21-20-17(24-18)14-6-3-9-19-11-14/h3,6,9,11,13,15H,1-2,4-5,7-8,10,12H2/t13-,15+/m1/s1. The zero-order valence-electron chi connectivity index (χ0n) is 14.1. The molecule has 0 unspecified atom stereocenters. The highest BCUT2D eigenvalue weighted by atomic mass is 32.2. The van der Waals surface area contributed by atoms with Crippen molar-refractivity contribution in [2.45, 2.75) is 49.8 Å². The maximum absolute atomic E-state index is 12.7. The molecular formula is C18H22N4O2S. The van der Waals surface area contributed by atoms with E-state index in [-0.39, 0.29) is 5.91 Å². The van der Waals surface area contributed by atoms with Crippen molar-refractivity contribution < 1.29 is 9.21 Å². The van der Waals surface area contributed by atoms with Crippen LogP contribution in [0.4, 0.5) is 0 Å². The third kappa shape index (κ3) is 3.71. The van der Waals surface area contributed by atoms with Crippen molar-refractivity contribution in [3.05, 3.63) is 24.5 Å². The summed E-state index contributed by atoms with van der Waals surface area (Å²) in [6.45, 7) is 0.894. The summed E-state index contributed by atoms with van der Waals surface area (Å²) in [7, 11) is 0. The van der Waals surface area contributed by atoms with Gasteiger partial charge >= 0.3 is 0 Å². The lowest BCUT2D eigenvalue weighted by molar-refractivity contribution is -0.134. The largest absolute Gasteiger partial charge is 0.411 e. The molecule has 0 bridgehead atoms. The number of thioether (sulfide) groups is 1. The van der Waals surface area contributed by atoms with Gasteiger partial charge in [-0.3, -0.25) is 9.78 Å². The van der Waals surface area contributed by atoms with Crippen molar-refractivity contribution in [3.8, 4) is 11.5 Å². The predicted octanol–water partition coefficient (Wildman–Crippen LogP) is 3.40. The van der Waals surface area contributed by atoms with Crippen LogP contribution in [0.15, 0.2) is 34.2 Å². The molecular weight excluding hydrogens is 336 g/mol. The maximum atomic E-state index is 12.7. The molecule has 2 aromatic rings. The van der Waals surface area contributed by atoms with Crippen LogP contribution in [0.25, 0.3) is 11.5 Å². The molecule has 1 aliphatic carbocycles. The second-order valence-corrected chi connectivity index (χ2v) is 7.67. The van der Waals surface area contributed by atoms with Crippen molar-refractivity contribution in [2.24, 2.45) is 5.92 Å². The molecule has 1 amide bonds. The summed E-state index contributed by atoms with van der Waals surface area (Å²) in [6, 6.07) is 4.15. The number of carbonyl (C=O) groups excluding carboxylic acids is 1. The normalized spacial score (nSPS) is 23.3. The Kier molecular flexibility index (Phi) is 5.01. The zero-order valence-corrected chi connectivity index (χ0v) is 15.0. The SMILES string of the molecule is O=C(CSc1nnc(-c2cccnc2)o1)N1CCC[C@H]2CCCC[C@@H]21. The van der Waals surface area contributed by atoms with Crippen LogP contribution in [0, 0.1) is 5.92 Å². The van der Waals surface area contributed by atoms with Crippen molar-refractivity contribution >= 4 is 17.7 Å². The Labute approximate surface area is 151 Å². The molecule has 1 aliphatic heterocycles. The highest BCUT2D eigenvalue weighted by Crippen LogP contribution is 2.35. The summed E-state index contributed by atoms with van der Waals surface area (Å²) in [4.78, 5) is 18.9. The van der Waals surface area contributed by atoms with Gasteiger partial charge in [0.05, 0.1) is 11.3 Å². The van der Waals surface area contributed by atoms with Crippen LogP contribution in [0.5, 0.6) is 0 Å². The maximum Gasteiger partial charge on any atom is 0.277 e. The first-order valence-electron chi connectivity index (χ1n) is 8.97. The van der Waals surface area contributed by atoms with Crippen LogP contribution >= 0.6 is 11.8 Å². The molecule has 25 heavy (non-hydrogen) atoms. The molecule has 1 saturated heterocycles. The zero-order chi connectivity index (χ0) is 17.1. The Morgan fingerprint density at radius 1 is 1.24 bits per heavy atom. The van der Waals surface area contributed by atoms with Crippen molar-refractivity contribution in [1.82, 2.24) is 20.1 Å². The molecule has 1 saturated carbocycles. The van der Waals surface area contributed by atoms with E-state index in [0.717, 1.165) is 24.9 Å². The molecule has 2 aliphatic rings. The van der Waals surface area contributed by atoms with Crippen LogP contribution in [-0.2, 0) is 4.79 Å². The minimum Gasteiger partial charge on any atom is -0.411 e. The van der Waals surface area contributed by atoms with E-state index in [9.17, 15) is 4.79 Å². The lowest BCUT2D eigenvalue weighted by Crippen LogP contribution is -2.50. The Balaban J connectivity index is 1.36. The van der Waals surface area contributed by atoms with Gasteiger partial charge in [0.1, 0.15) is 0 Å². The number of carbonyl (C=O) groups is 1. The first-order chi connectivity index (χ1) is 12.3. The third-order valence-corrected chi connectivity index (χ3v) is 6.00. The lowest BCUT2D eigenvalue weighted by Gasteiger charge is -2.44. The highest BCUT2D eigenvalue weighted by molar-refractivity contribution is 7.99. The van der Waals surface area contributed by atoms with Gasteiger partial charge in [-0.05, 0) is 43.7 Å². The Morgan fingerprint density at radius 3 is 3.00 bits per heavy atom. The van der Waals surface area contributed by atoms with Gasteiger partial charge < -0.3 is 9.32 Å². The number of nitrogens with zero attached hydrogens (tertiary/aromatic N) is 4. The topological polar surface area (TPSA) is 72.1 Å². The second-order valence-electron chi connectivity index (χ2n) is 6.74.